The van der Waals surface area contributed by atoms with E-state index in [1.165, 1.54) is 0 Å². The molecule has 0 fully saturated rings. The van der Waals surface area contributed by atoms with Gasteiger partial charge in [0.15, 0.2) is 5.69 Å². The van der Waals surface area contributed by atoms with Crippen LogP contribution in [0, 0.1) is 0 Å². The van der Waals surface area contributed by atoms with Crippen LogP contribution in [0.2, 0.25) is 0 Å². The Balaban J connectivity index is 1.96. The van der Waals surface area contributed by atoms with Crippen LogP contribution in [0.1, 0.15) is 24.3 Å². The minimum absolute atomic E-state index is 0.145. The lowest BCUT2D eigenvalue weighted by molar-refractivity contribution is 0.0996. The van der Waals surface area contributed by atoms with Gasteiger partial charge in [-0.2, -0.15) is 15.4 Å². The number of H-pyrrole nitrogens is 1. The van der Waals surface area contributed by atoms with Gasteiger partial charge >= 0.3 is 0 Å². The van der Waals surface area contributed by atoms with Gasteiger partial charge in [0.2, 0.25) is 0 Å². The van der Waals surface area contributed by atoms with Gasteiger partial charge in [0.25, 0.3) is 5.91 Å². The summed E-state index contributed by atoms with van der Waals surface area (Å²) in [7, 11) is 0. The van der Waals surface area contributed by atoms with Gasteiger partial charge in [-0.1, -0.05) is 30.3 Å². The van der Waals surface area contributed by atoms with Crippen molar-refractivity contribution in [3.05, 3.63) is 60.3 Å². The summed E-state index contributed by atoms with van der Waals surface area (Å²) in [5.41, 5.74) is 8.90. The fraction of sp³-hybridized carbons (Fsp3) is 0.167. The van der Waals surface area contributed by atoms with Crippen LogP contribution < -0.4 is 10.6 Å². The van der Waals surface area contributed by atoms with Crippen LogP contribution >= 0.6 is 0 Å². The fourth-order valence-electron chi connectivity index (χ4n) is 2.72. The quantitative estimate of drug-likeness (QED) is 0.756. The number of primary amides is 1. The molecule has 0 atom stereocenters. The molecule has 6 nitrogen and oxygen atoms in total. The van der Waals surface area contributed by atoms with E-state index in [0.29, 0.717) is 11.7 Å². The van der Waals surface area contributed by atoms with Crippen LogP contribution in [-0.2, 0) is 0 Å². The molecule has 0 saturated heterocycles. The molecule has 24 heavy (non-hydrogen) atoms. The van der Waals surface area contributed by atoms with Crippen molar-refractivity contribution < 1.29 is 4.79 Å². The van der Waals surface area contributed by atoms with E-state index in [4.69, 9.17) is 5.73 Å². The van der Waals surface area contributed by atoms with Crippen LogP contribution in [0.5, 0.6) is 0 Å². The molecule has 0 unspecified atom stereocenters. The number of hydrogen-bond acceptors (Lipinski definition) is 4. The molecule has 1 heterocycles. The van der Waals surface area contributed by atoms with Crippen molar-refractivity contribution in [2.24, 2.45) is 5.73 Å². The van der Waals surface area contributed by atoms with Gasteiger partial charge in [-0.3, -0.25) is 4.79 Å². The number of carbonyl (C=O) groups excluding carboxylic acids is 1. The van der Waals surface area contributed by atoms with E-state index in [9.17, 15) is 4.79 Å². The number of aromatic nitrogens is 3. The van der Waals surface area contributed by atoms with Gasteiger partial charge in [-0.15, -0.1) is 0 Å². The zero-order valence-corrected chi connectivity index (χ0v) is 13.6. The Hall–Kier alpha value is -3.15. The first-order valence-electron chi connectivity index (χ1n) is 7.73. The molecule has 6 heteroatoms. The number of rotatable bonds is 5. The van der Waals surface area contributed by atoms with Gasteiger partial charge < -0.3 is 10.6 Å². The lowest BCUT2D eigenvalue weighted by atomic mass is 10.1. The van der Waals surface area contributed by atoms with Crippen molar-refractivity contribution in [1.29, 1.82) is 0 Å². The predicted molar refractivity (Wildman–Crippen MR) is 94.1 cm³/mol. The van der Waals surface area contributed by atoms with Gasteiger partial charge in [0.05, 0.1) is 0 Å². The summed E-state index contributed by atoms with van der Waals surface area (Å²) in [4.78, 5) is 13.6. The first-order chi connectivity index (χ1) is 11.6. The number of benzene rings is 2. The molecule has 0 saturated carbocycles. The summed E-state index contributed by atoms with van der Waals surface area (Å²) < 4.78 is 0. The maximum Gasteiger partial charge on any atom is 0.271 e. The molecule has 3 N–H and O–H groups in total. The van der Waals surface area contributed by atoms with Crippen molar-refractivity contribution >= 4 is 17.3 Å². The SMILES string of the molecule is CC(C)N(c1ccccc1)c1ccc(-c2n[nH]nc2C(N)=O)cc1. The Morgan fingerprint density at radius 2 is 1.62 bits per heavy atom. The zero-order valence-electron chi connectivity index (χ0n) is 13.6. The number of carbonyl (C=O) groups is 1. The van der Waals surface area contributed by atoms with E-state index < -0.39 is 5.91 Å². The number of hydrogen-bond donors (Lipinski definition) is 2. The number of amides is 1. The third-order valence-electron chi connectivity index (χ3n) is 3.75. The molecular formula is C18H19N5O. The Labute approximate surface area is 140 Å². The van der Waals surface area contributed by atoms with Crippen LogP contribution in [0.3, 0.4) is 0 Å². The van der Waals surface area contributed by atoms with Crippen molar-refractivity contribution in [1.82, 2.24) is 15.4 Å². The van der Waals surface area contributed by atoms with Gasteiger partial charge in [0, 0.05) is 23.0 Å². The lowest BCUT2D eigenvalue weighted by Crippen LogP contribution is -2.25. The average molecular weight is 321 g/mol. The van der Waals surface area contributed by atoms with Crippen molar-refractivity contribution in [3.8, 4) is 11.3 Å². The zero-order chi connectivity index (χ0) is 17.1. The minimum Gasteiger partial charge on any atom is -0.364 e. The fourth-order valence-corrected chi connectivity index (χ4v) is 2.72. The lowest BCUT2D eigenvalue weighted by Gasteiger charge is -2.29. The molecule has 1 amide bonds. The normalized spacial score (nSPS) is 10.8. The van der Waals surface area contributed by atoms with E-state index in [0.717, 1.165) is 16.9 Å². The second-order valence-corrected chi connectivity index (χ2v) is 5.73. The molecule has 0 radical (unpaired) electrons. The standard InChI is InChI=1S/C18H19N5O/c1-12(2)23(14-6-4-3-5-7-14)15-10-8-13(9-11-15)16-17(18(19)24)21-22-20-16/h3-12H,1-2H3,(H2,19,24)(H,20,21,22). The van der Waals surface area contributed by atoms with E-state index in [1.54, 1.807) is 0 Å². The Kier molecular flexibility index (Phi) is 4.29. The van der Waals surface area contributed by atoms with Crippen molar-refractivity contribution in [2.75, 3.05) is 4.90 Å². The van der Waals surface area contributed by atoms with Crippen LogP contribution in [0.25, 0.3) is 11.3 Å². The minimum atomic E-state index is -0.601. The highest BCUT2D eigenvalue weighted by Gasteiger charge is 2.17. The topological polar surface area (TPSA) is 87.9 Å². The van der Waals surface area contributed by atoms with E-state index in [-0.39, 0.29) is 5.69 Å². The molecule has 0 bridgehead atoms. The molecule has 2 aromatic carbocycles. The van der Waals surface area contributed by atoms with Gasteiger partial charge in [-0.05, 0) is 38.1 Å². The summed E-state index contributed by atoms with van der Waals surface area (Å²) in [6.45, 7) is 4.29. The Bertz CT molecular complexity index is 824. The first-order valence-corrected chi connectivity index (χ1v) is 7.73. The Morgan fingerprint density at radius 1 is 1.00 bits per heavy atom. The molecule has 3 rings (SSSR count). The molecule has 0 aliphatic carbocycles. The van der Waals surface area contributed by atoms with Crippen LogP contribution in [0.15, 0.2) is 54.6 Å². The van der Waals surface area contributed by atoms with E-state index >= 15 is 0 Å². The highest BCUT2D eigenvalue weighted by Crippen LogP contribution is 2.30. The summed E-state index contributed by atoms with van der Waals surface area (Å²) in [6.07, 6.45) is 0. The summed E-state index contributed by atoms with van der Waals surface area (Å²) in [5, 5.41) is 10.3. The molecule has 3 aromatic rings. The van der Waals surface area contributed by atoms with Crippen molar-refractivity contribution in [2.45, 2.75) is 19.9 Å². The summed E-state index contributed by atoms with van der Waals surface area (Å²) >= 11 is 0. The smallest absolute Gasteiger partial charge is 0.271 e. The Morgan fingerprint density at radius 3 is 2.21 bits per heavy atom. The number of anilines is 2. The highest BCUT2D eigenvalue weighted by atomic mass is 16.1. The molecule has 0 aliphatic heterocycles. The molecule has 122 valence electrons. The van der Waals surface area contributed by atoms with Gasteiger partial charge in [0.1, 0.15) is 5.69 Å². The molecule has 0 spiro atoms. The second kappa shape index (κ2) is 6.54. The third-order valence-corrected chi connectivity index (χ3v) is 3.75. The number of nitrogens with zero attached hydrogens (tertiary/aromatic N) is 3. The van der Waals surface area contributed by atoms with Crippen molar-refractivity contribution in [3.63, 3.8) is 0 Å². The van der Waals surface area contributed by atoms with Crippen LogP contribution in [0.4, 0.5) is 11.4 Å². The molecule has 1 aromatic heterocycles. The van der Waals surface area contributed by atoms with E-state index in [2.05, 4.69) is 46.3 Å². The monoisotopic (exact) mass is 321 g/mol. The number of para-hydroxylation sites is 1. The average Bonchev–Trinajstić information content (AvgIpc) is 3.06. The molecule has 0 aliphatic rings. The number of nitrogens with one attached hydrogen (secondary N) is 1. The maximum absolute atomic E-state index is 11.4. The largest absolute Gasteiger partial charge is 0.364 e. The highest BCUT2D eigenvalue weighted by molar-refractivity contribution is 5.96. The molecular weight excluding hydrogens is 302 g/mol. The third kappa shape index (κ3) is 2.99. The van der Waals surface area contributed by atoms with Gasteiger partial charge in [-0.25, -0.2) is 0 Å². The summed E-state index contributed by atoms with van der Waals surface area (Å²) in [5.74, 6) is -0.601. The van der Waals surface area contributed by atoms with Crippen LogP contribution in [-0.4, -0.2) is 27.4 Å². The second-order valence-electron chi connectivity index (χ2n) is 5.73. The predicted octanol–water partition coefficient (Wildman–Crippen LogP) is 3.12. The van der Waals surface area contributed by atoms with E-state index in [1.807, 2.05) is 42.5 Å². The first kappa shape index (κ1) is 15.7. The maximum atomic E-state index is 11.4. The number of aromatic amines is 1. The number of nitrogens with two attached hydrogens (primary N) is 1. The summed E-state index contributed by atoms with van der Waals surface area (Å²) in [6, 6.07) is 18.3.